The maximum absolute atomic E-state index is 6.18. The summed E-state index contributed by atoms with van der Waals surface area (Å²) in [4.78, 5) is 2.72. The van der Waals surface area contributed by atoms with Gasteiger partial charge in [-0.1, -0.05) is 24.3 Å². The summed E-state index contributed by atoms with van der Waals surface area (Å²) in [5, 5.41) is 0. The second-order valence-corrected chi connectivity index (χ2v) is 6.29. The first-order valence-corrected chi connectivity index (χ1v) is 7.51. The Balaban J connectivity index is 1.67. The molecule has 3 aliphatic rings. The first-order valence-electron chi connectivity index (χ1n) is 7.51. The Morgan fingerprint density at radius 2 is 1.84 bits per heavy atom. The lowest BCUT2D eigenvalue weighted by atomic mass is 9.91. The van der Waals surface area contributed by atoms with E-state index in [-0.39, 0.29) is 0 Å². The summed E-state index contributed by atoms with van der Waals surface area (Å²) < 4.78 is 5.84. The minimum atomic E-state index is 0.411. The minimum Gasteiger partial charge on any atom is -0.375 e. The van der Waals surface area contributed by atoms with Crippen molar-refractivity contribution >= 4 is 0 Å². The quantitative estimate of drug-likeness (QED) is 0.839. The molecule has 0 aliphatic carbocycles. The number of ether oxygens (including phenoxy) is 1. The van der Waals surface area contributed by atoms with Crippen molar-refractivity contribution in [1.29, 1.82) is 0 Å². The van der Waals surface area contributed by atoms with Crippen LogP contribution in [0.15, 0.2) is 24.3 Å². The van der Waals surface area contributed by atoms with Gasteiger partial charge in [-0.25, -0.2) is 0 Å². The molecule has 0 saturated carbocycles. The first-order chi connectivity index (χ1) is 9.33. The smallest absolute Gasteiger partial charge is 0.0721 e. The number of hydrogen-bond acceptors (Lipinski definition) is 3. The van der Waals surface area contributed by atoms with Crippen LogP contribution in [-0.2, 0) is 11.3 Å². The van der Waals surface area contributed by atoms with Crippen molar-refractivity contribution in [2.45, 2.75) is 56.5 Å². The van der Waals surface area contributed by atoms with Crippen LogP contribution in [0.1, 0.15) is 42.9 Å². The van der Waals surface area contributed by atoms with Gasteiger partial charge in [0.25, 0.3) is 0 Å². The highest BCUT2D eigenvalue weighted by Gasteiger charge is 2.44. The molecule has 3 atom stereocenters. The van der Waals surface area contributed by atoms with Crippen LogP contribution in [0.25, 0.3) is 0 Å². The molecule has 2 N–H and O–H groups in total. The molecule has 3 heterocycles. The zero-order valence-electron chi connectivity index (χ0n) is 11.3. The molecule has 3 heteroatoms. The average Bonchev–Trinajstić information content (AvgIpc) is 2.70. The number of nitrogens with zero attached hydrogens (tertiary/aromatic N) is 1. The third kappa shape index (κ3) is 1.92. The van der Waals surface area contributed by atoms with Gasteiger partial charge in [0.2, 0.25) is 0 Å². The maximum atomic E-state index is 6.18. The van der Waals surface area contributed by atoms with Crippen LogP contribution < -0.4 is 5.73 Å². The number of nitrogens with two attached hydrogens (primary N) is 1. The van der Waals surface area contributed by atoms with E-state index >= 15 is 0 Å². The summed E-state index contributed by atoms with van der Waals surface area (Å²) in [6.45, 7) is 1.62. The molecule has 4 rings (SSSR count). The van der Waals surface area contributed by atoms with Crippen molar-refractivity contribution in [3.05, 3.63) is 35.4 Å². The fourth-order valence-corrected chi connectivity index (χ4v) is 4.37. The molecule has 3 nitrogen and oxygen atoms in total. The zero-order valence-corrected chi connectivity index (χ0v) is 11.3. The number of hydrogen-bond donors (Lipinski definition) is 1. The van der Waals surface area contributed by atoms with E-state index in [1.54, 1.807) is 0 Å². The van der Waals surface area contributed by atoms with Crippen LogP contribution in [0, 0.1) is 0 Å². The van der Waals surface area contributed by atoms with Crippen molar-refractivity contribution < 1.29 is 4.74 Å². The van der Waals surface area contributed by atoms with Gasteiger partial charge in [0.1, 0.15) is 0 Å². The van der Waals surface area contributed by atoms with Gasteiger partial charge in [-0.2, -0.15) is 0 Å². The van der Waals surface area contributed by atoms with Gasteiger partial charge in [-0.15, -0.1) is 0 Å². The van der Waals surface area contributed by atoms with Gasteiger partial charge >= 0.3 is 0 Å². The van der Waals surface area contributed by atoms with Gasteiger partial charge in [-0.05, 0) is 36.8 Å². The van der Waals surface area contributed by atoms with E-state index in [1.807, 2.05) is 0 Å². The Labute approximate surface area is 114 Å². The third-order valence-corrected chi connectivity index (χ3v) is 5.13. The Bertz CT molecular complexity index is 462. The molecule has 1 aromatic rings. The molecule has 2 saturated heterocycles. The predicted octanol–water partition coefficient (Wildman–Crippen LogP) is 2.21. The molecule has 3 unspecified atom stereocenters. The summed E-state index contributed by atoms with van der Waals surface area (Å²) in [6, 6.07) is 11.0. The lowest BCUT2D eigenvalue weighted by molar-refractivity contribution is -0.00646. The van der Waals surface area contributed by atoms with E-state index in [0.29, 0.717) is 24.2 Å². The number of rotatable bonds is 1. The molecule has 0 spiro atoms. The van der Waals surface area contributed by atoms with Crippen LogP contribution in [0.5, 0.6) is 0 Å². The largest absolute Gasteiger partial charge is 0.375 e. The second-order valence-electron chi connectivity index (χ2n) is 6.29. The monoisotopic (exact) mass is 258 g/mol. The maximum Gasteiger partial charge on any atom is 0.0721 e. The minimum absolute atomic E-state index is 0.411. The summed E-state index contributed by atoms with van der Waals surface area (Å²) in [7, 11) is 0. The van der Waals surface area contributed by atoms with E-state index in [2.05, 4.69) is 29.2 Å². The molecular formula is C16H22N2O. The van der Waals surface area contributed by atoms with Crippen LogP contribution in [0.3, 0.4) is 0 Å². The van der Waals surface area contributed by atoms with E-state index in [9.17, 15) is 0 Å². The molecule has 0 aromatic heterocycles. The van der Waals surface area contributed by atoms with Gasteiger partial charge in [0, 0.05) is 18.1 Å². The SMILES string of the molecule is NC1CC2CCC(C1)N2C1COCc2ccccc21. The highest BCUT2D eigenvalue weighted by molar-refractivity contribution is 5.32. The lowest BCUT2D eigenvalue weighted by Crippen LogP contribution is -2.50. The Morgan fingerprint density at radius 3 is 2.63 bits per heavy atom. The van der Waals surface area contributed by atoms with Crippen molar-refractivity contribution in [1.82, 2.24) is 4.90 Å². The van der Waals surface area contributed by atoms with Crippen LogP contribution in [0.2, 0.25) is 0 Å². The molecule has 102 valence electrons. The highest BCUT2D eigenvalue weighted by Crippen LogP contribution is 2.43. The fraction of sp³-hybridized carbons (Fsp3) is 0.625. The molecule has 0 radical (unpaired) electrons. The summed E-state index contributed by atoms with van der Waals surface area (Å²) in [5.74, 6) is 0. The van der Waals surface area contributed by atoms with Crippen molar-refractivity contribution in [2.75, 3.05) is 6.61 Å². The second kappa shape index (κ2) is 4.58. The zero-order chi connectivity index (χ0) is 12.8. The molecule has 3 aliphatic heterocycles. The van der Waals surface area contributed by atoms with E-state index < -0.39 is 0 Å². The number of benzene rings is 1. The van der Waals surface area contributed by atoms with Gasteiger partial charge < -0.3 is 10.5 Å². The van der Waals surface area contributed by atoms with Crippen molar-refractivity contribution in [3.63, 3.8) is 0 Å². The number of piperidine rings is 1. The molecule has 19 heavy (non-hydrogen) atoms. The Hall–Kier alpha value is -0.900. The molecule has 1 aromatic carbocycles. The Kier molecular flexibility index (Phi) is 2.87. The predicted molar refractivity (Wildman–Crippen MR) is 74.7 cm³/mol. The van der Waals surface area contributed by atoms with Gasteiger partial charge in [0.05, 0.1) is 19.3 Å². The molecule has 2 bridgehead atoms. The van der Waals surface area contributed by atoms with E-state index in [4.69, 9.17) is 10.5 Å². The molecular weight excluding hydrogens is 236 g/mol. The average molecular weight is 258 g/mol. The summed E-state index contributed by atoms with van der Waals surface area (Å²) >= 11 is 0. The van der Waals surface area contributed by atoms with E-state index in [1.165, 1.54) is 24.0 Å². The topological polar surface area (TPSA) is 38.5 Å². The summed E-state index contributed by atoms with van der Waals surface area (Å²) in [5.41, 5.74) is 9.04. The third-order valence-electron chi connectivity index (χ3n) is 5.13. The van der Waals surface area contributed by atoms with Crippen LogP contribution >= 0.6 is 0 Å². The van der Waals surface area contributed by atoms with Crippen LogP contribution in [-0.4, -0.2) is 29.6 Å². The fourth-order valence-electron chi connectivity index (χ4n) is 4.37. The van der Waals surface area contributed by atoms with Crippen molar-refractivity contribution in [2.24, 2.45) is 5.73 Å². The number of fused-ring (bicyclic) bond motifs is 3. The molecule has 0 amide bonds. The van der Waals surface area contributed by atoms with Crippen LogP contribution in [0.4, 0.5) is 0 Å². The molecule has 2 fully saturated rings. The van der Waals surface area contributed by atoms with Gasteiger partial charge in [0.15, 0.2) is 0 Å². The highest BCUT2D eigenvalue weighted by atomic mass is 16.5. The Morgan fingerprint density at radius 1 is 1.11 bits per heavy atom. The van der Waals surface area contributed by atoms with Crippen molar-refractivity contribution in [3.8, 4) is 0 Å². The first kappa shape index (κ1) is 11.9. The van der Waals surface area contributed by atoms with E-state index in [0.717, 1.165) is 26.1 Å². The standard InChI is InChI=1S/C16H22N2O/c17-12-7-13-5-6-14(8-12)18(13)16-10-19-9-11-3-1-2-4-15(11)16/h1-4,12-14,16H,5-10,17H2. The van der Waals surface area contributed by atoms with Gasteiger partial charge in [-0.3, -0.25) is 4.90 Å². The summed E-state index contributed by atoms with van der Waals surface area (Å²) in [6.07, 6.45) is 4.96. The normalized spacial score (nSPS) is 38.2. The lowest BCUT2D eigenvalue weighted by Gasteiger charge is -2.44.